The first-order valence-corrected chi connectivity index (χ1v) is 17.8. The lowest BCUT2D eigenvalue weighted by molar-refractivity contribution is -0.253. The van der Waals surface area contributed by atoms with Crippen LogP contribution in [0.15, 0.2) is 138 Å². The van der Waals surface area contributed by atoms with Crippen molar-refractivity contribution in [1.29, 1.82) is 0 Å². The Kier molecular flexibility index (Phi) is 10.8. The van der Waals surface area contributed by atoms with E-state index in [1.165, 1.54) is 5.56 Å². The minimum Gasteiger partial charge on any atom is -0.392 e. The van der Waals surface area contributed by atoms with Gasteiger partial charge in [-0.05, 0) is 59.5 Å². The molecule has 0 radical (unpaired) electrons. The molecule has 8 heteroatoms. The summed E-state index contributed by atoms with van der Waals surface area (Å²) in [5.41, 5.74) is 6.85. The van der Waals surface area contributed by atoms with Gasteiger partial charge < -0.3 is 14.6 Å². The summed E-state index contributed by atoms with van der Waals surface area (Å²) in [5.74, 6) is 0. The second kappa shape index (κ2) is 15.4. The van der Waals surface area contributed by atoms with Crippen LogP contribution in [-0.4, -0.2) is 38.1 Å². The number of rotatable bonds is 12. The molecular formula is C40H42N2O5S. The quantitative estimate of drug-likeness (QED) is 0.143. The van der Waals surface area contributed by atoms with Crippen LogP contribution in [0.1, 0.15) is 59.6 Å². The maximum Gasteiger partial charge on any atom is 0.240 e. The highest BCUT2D eigenvalue weighted by molar-refractivity contribution is 7.89. The SMILES string of the molecule is C[C@@H](c1ccccc1)N(C)C[C@@H]1C[C@H](c2ccc(CO)cc2)O[C@H](c2ccc(-c3ccccc3CNS(=O)(=O)c3ccccc3)cc2)O1. The van der Waals surface area contributed by atoms with Crippen LogP contribution in [-0.2, 0) is 32.6 Å². The summed E-state index contributed by atoms with van der Waals surface area (Å²) >= 11 is 0. The van der Waals surface area contributed by atoms with E-state index in [2.05, 4.69) is 47.9 Å². The lowest BCUT2D eigenvalue weighted by atomic mass is 9.97. The van der Waals surface area contributed by atoms with Crippen LogP contribution in [0.3, 0.4) is 0 Å². The maximum absolute atomic E-state index is 12.9. The van der Waals surface area contributed by atoms with Crippen LogP contribution in [0, 0.1) is 0 Å². The van der Waals surface area contributed by atoms with E-state index in [0.717, 1.165) is 39.9 Å². The standard InChI is InChI=1S/C40H42N2O5S/c1-29(31-11-5-3-6-12-31)42(2)27-36-25-39(33-19-17-30(28-43)18-20-33)47-40(46-36)34-23-21-32(22-24-34)38-16-10-9-13-35(38)26-41-48(44,45)37-14-7-4-8-15-37/h3-24,29,36,39-41,43H,25-28H2,1-2H3/t29-,36-,39+,40+/m0/s1. The molecule has 0 saturated carbocycles. The van der Waals surface area contributed by atoms with Crippen LogP contribution in [0.25, 0.3) is 11.1 Å². The normalized spacial score (nSPS) is 18.9. The minimum atomic E-state index is -3.65. The van der Waals surface area contributed by atoms with Gasteiger partial charge in [0.05, 0.1) is 23.7 Å². The Morgan fingerprint density at radius 3 is 2.10 bits per heavy atom. The van der Waals surface area contributed by atoms with Gasteiger partial charge >= 0.3 is 0 Å². The summed E-state index contributed by atoms with van der Waals surface area (Å²) in [6.45, 7) is 3.10. The van der Waals surface area contributed by atoms with Crippen LogP contribution >= 0.6 is 0 Å². The number of sulfonamides is 1. The Morgan fingerprint density at radius 1 is 0.792 bits per heavy atom. The fourth-order valence-corrected chi connectivity index (χ4v) is 7.16. The molecule has 1 saturated heterocycles. The van der Waals surface area contributed by atoms with Crippen molar-refractivity contribution in [1.82, 2.24) is 9.62 Å². The average Bonchev–Trinajstić information content (AvgIpc) is 3.14. The monoisotopic (exact) mass is 662 g/mol. The Morgan fingerprint density at radius 2 is 1.42 bits per heavy atom. The van der Waals surface area contributed by atoms with Gasteiger partial charge in [0.1, 0.15) is 0 Å². The van der Waals surface area contributed by atoms with Gasteiger partial charge in [-0.2, -0.15) is 0 Å². The summed E-state index contributed by atoms with van der Waals surface area (Å²) in [5, 5.41) is 9.56. The smallest absolute Gasteiger partial charge is 0.240 e. The summed E-state index contributed by atoms with van der Waals surface area (Å²) in [6.07, 6.45) is -0.139. The van der Waals surface area contributed by atoms with Gasteiger partial charge in [-0.25, -0.2) is 13.1 Å². The molecule has 1 aliphatic rings. The zero-order chi connectivity index (χ0) is 33.5. The van der Waals surface area contributed by atoms with Crippen molar-refractivity contribution in [2.75, 3.05) is 13.6 Å². The van der Waals surface area contributed by atoms with Crippen molar-refractivity contribution in [2.24, 2.45) is 0 Å². The van der Waals surface area contributed by atoms with Gasteiger partial charge in [0.2, 0.25) is 10.0 Å². The number of aliphatic hydroxyl groups excluding tert-OH is 1. The van der Waals surface area contributed by atoms with Crippen LogP contribution < -0.4 is 4.72 Å². The Balaban J connectivity index is 1.21. The predicted octanol–water partition coefficient (Wildman–Crippen LogP) is 7.56. The lowest BCUT2D eigenvalue weighted by Crippen LogP contribution is -2.38. The van der Waals surface area contributed by atoms with Gasteiger partial charge in [0.25, 0.3) is 0 Å². The number of nitrogens with one attached hydrogen (secondary N) is 1. The minimum absolute atomic E-state index is 0.00326. The number of aliphatic hydroxyl groups is 1. The van der Waals surface area contributed by atoms with Crippen LogP contribution in [0.2, 0.25) is 0 Å². The third-order valence-corrected chi connectivity index (χ3v) is 10.5. The molecule has 7 nitrogen and oxygen atoms in total. The molecule has 2 N–H and O–H groups in total. The highest BCUT2D eigenvalue weighted by atomic mass is 32.2. The van der Waals surface area contributed by atoms with Crippen LogP contribution in [0.4, 0.5) is 0 Å². The molecule has 48 heavy (non-hydrogen) atoms. The molecule has 5 aromatic rings. The van der Waals surface area contributed by atoms with E-state index < -0.39 is 16.3 Å². The fourth-order valence-electron chi connectivity index (χ4n) is 6.13. The van der Waals surface area contributed by atoms with Gasteiger partial charge in [0.15, 0.2) is 6.29 Å². The van der Waals surface area contributed by atoms with E-state index >= 15 is 0 Å². The van der Waals surface area contributed by atoms with Gasteiger partial charge in [0, 0.05) is 31.1 Å². The molecule has 5 aromatic carbocycles. The predicted molar refractivity (Wildman–Crippen MR) is 188 cm³/mol. The number of hydrogen-bond donors (Lipinski definition) is 2. The van der Waals surface area contributed by atoms with Crippen molar-refractivity contribution in [2.45, 2.75) is 55.9 Å². The first kappa shape index (κ1) is 33.7. The largest absolute Gasteiger partial charge is 0.392 e. The molecule has 1 aliphatic heterocycles. The van der Waals surface area contributed by atoms with Crippen molar-refractivity contribution in [3.8, 4) is 11.1 Å². The number of likely N-dealkylation sites (N-methyl/N-ethyl adjacent to an activating group) is 1. The highest BCUT2D eigenvalue weighted by Gasteiger charge is 2.33. The summed E-state index contributed by atoms with van der Waals surface area (Å²) in [4.78, 5) is 2.56. The highest BCUT2D eigenvalue weighted by Crippen LogP contribution is 2.39. The molecule has 0 aromatic heterocycles. The molecule has 0 spiro atoms. The maximum atomic E-state index is 12.9. The lowest BCUT2D eigenvalue weighted by Gasteiger charge is -2.39. The second-order valence-corrected chi connectivity index (χ2v) is 14.1. The molecule has 1 heterocycles. The summed E-state index contributed by atoms with van der Waals surface area (Å²) in [7, 11) is -1.52. The molecule has 6 rings (SSSR count). The van der Waals surface area contributed by atoms with Crippen LogP contribution in [0.5, 0.6) is 0 Å². The zero-order valence-corrected chi connectivity index (χ0v) is 28.1. The van der Waals surface area contributed by atoms with Gasteiger partial charge in [-0.1, -0.05) is 121 Å². The third kappa shape index (κ3) is 8.10. The average molecular weight is 663 g/mol. The van der Waals surface area contributed by atoms with E-state index in [4.69, 9.17) is 9.47 Å². The summed E-state index contributed by atoms with van der Waals surface area (Å²) in [6, 6.07) is 42.9. The number of benzene rings is 5. The molecular weight excluding hydrogens is 621 g/mol. The van der Waals surface area contributed by atoms with Crippen molar-refractivity contribution < 1.29 is 23.0 Å². The molecule has 248 valence electrons. The van der Waals surface area contributed by atoms with Crippen molar-refractivity contribution >= 4 is 10.0 Å². The van der Waals surface area contributed by atoms with Gasteiger partial charge in [-0.15, -0.1) is 0 Å². The summed E-state index contributed by atoms with van der Waals surface area (Å²) < 4.78 is 41.7. The zero-order valence-electron chi connectivity index (χ0n) is 27.3. The third-order valence-electron chi connectivity index (χ3n) is 9.07. The number of nitrogens with zero attached hydrogens (tertiary/aromatic N) is 1. The van der Waals surface area contributed by atoms with Crippen molar-refractivity contribution in [3.63, 3.8) is 0 Å². The second-order valence-electron chi connectivity index (χ2n) is 12.3. The first-order chi connectivity index (χ1) is 23.3. The molecule has 0 aliphatic carbocycles. The van der Waals surface area contributed by atoms with E-state index in [1.54, 1.807) is 30.3 Å². The van der Waals surface area contributed by atoms with Gasteiger partial charge in [-0.3, -0.25) is 4.90 Å². The van der Waals surface area contributed by atoms with E-state index in [-0.39, 0.29) is 36.3 Å². The Bertz CT molecular complexity index is 1870. The molecule has 4 atom stereocenters. The molecule has 0 bridgehead atoms. The molecule has 0 unspecified atom stereocenters. The number of ether oxygens (including phenoxy) is 2. The molecule has 1 fully saturated rings. The fraction of sp³-hybridized carbons (Fsp3) is 0.250. The van der Waals surface area contributed by atoms with E-state index in [9.17, 15) is 13.5 Å². The topological polar surface area (TPSA) is 88.1 Å². The van der Waals surface area contributed by atoms with Crippen molar-refractivity contribution in [3.05, 3.63) is 161 Å². The molecule has 0 amide bonds. The number of hydrogen-bond acceptors (Lipinski definition) is 6. The van der Waals surface area contributed by atoms with E-state index in [1.807, 2.05) is 78.9 Å². The Labute approximate surface area is 283 Å². The first-order valence-electron chi connectivity index (χ1n) is 16.3. The van der Waals surface area contributed by atoms with E-state index in [0.29, 0.717) is 6.42 Å². The Hall–Kier alpha value is -4.15.